The Morgan fingerprint density at radius 1 is 0.795 bits per heavy atom. The molecule has 7 rings (SSSR count). The molecule has 44 heavy (non-hydrogen) atoms. The van der Waals surface area contributed by atoms with Crippen LogP contribution in [0.25, 0.3) is 48.5 Å². The second-order valence-corrected chi connectivity index (χ2v) is 12.3. The summed E-state index contributed by atoms with van der Waals surface area (Å²) < 4.78 is 10.8. The molecule has 0 bridgehead atoms. The van der Waals surface area contributed by atoms with Crippen LogP contribution in [0.15, 0.2) is 97.3 Å². The van der Waals surface area contributed by atoms with Crippen molar-refractivity contribution in [3.05, 3.63) is 121 Å². The van der Waals surface area contributed by atoms with Crippen molar-refractivity contribution in [3.8, 4) is 40.0 Å². The van der Waals surface area contributed by atoms with Gasteiger partial charge in [-0.25, -0.2) is 0 Å². The molecule has 0 fully saturated rings. The fourth-order valence-corrected chi connectivity index (χ4v) is 6.82. The number of ether oxygens (including phenoxy) is 1. The molecule has 3 aromatic heterocycles. The number of fused-ring (bicyclic) bond motifs is 3. The van der Waals surface area contributed by atoms with Crippen LogP contribution in [-0.2, 0) is 21.1 Å². The molecule has 0 aliphatic heterocycles. The third kappa shape index (κ3) is 5.49. The topological polar surface area (TPSA) is 52.8 Å². The van der Waals surface area contributed by atoms with Gasteiger partial charge in [0.25, 0.3) is 0 Å². The molecule has 0 saturated heterocycles. The van der Waals surface area contributed by atoms with Crippen LogP contribution in [0.1, 0.15) is 50.7 Å². The monoisotopic (exact) mass is 773 g/mol. The summed E-state index contributed by atoms with van der Waals surface area (Å²) in [5.74, 6) is 2.45. The molecule has 5 nitrogen and oxygen atoms in total. The van der Waals surface area contributed by atoms with Gasteiger partial charge in [0.2, 0.25) is 5.88 Å². The first-order valence-corrected chi connectivity index (χ1v) is 15.3. The van der Waals surface area contributed by atoms with Crippen LogP contribution in [0.5, 0.6) is 11.6 Å². The predicted octanol–water partition coefficient (Wildman–Crippen LogP) is 10.0. The first-order chi connectivity index (χ1) is 21.0. The second kappa shape index (κ2) is 12.5. The van der Waals surface area contributed by atoms with Crippen LogP contribution < -0.4 is 4.74 Å². The normalized spacial score (nSPS) is 11.4. The molecule has 220 valence electrons. The largest absolute Gasteiger partial charge is 2.00 e. The SMILES string of the molecule is CC(C)c1cccc(C(C)C)c1-n1cnnc1-c1[c-]c(Oc2cccc(-c3[c-]ccc4c3sc3ccccc34)n2)ccc1.[Pt+2]. The molecular formula is C37H30N4OPtS. The zero-order valence-electron chi connectivity index (χ0n) is 24.8. The van der Waals surface area contributed by atoms with E-state index in [9.17, 15) is 0 Å². The van der Waals surface area contributed by atoms with E-state index in [0.29, 0.717) is 29.3 Å². The van der Waals surface area contributed by atoms with Crippen LogP contribution >= 0.6 is 11.3 Å². The number of pyridine rings is 1. The Labute approximate surface area is 275 Å². The van der Waals surface area contributed by atoms with Crippen molar-refractivity contribution in [1.29, 1.82) is 0 Å². The zero-order chi connectivity index (χ0) is 29.5. The van der Waals surface area contributed by atoms with Gasteiger partial charge in [-0.3, -0.25) is 4.98 Å². The van der Waals surface area contributed by atoms with Crippen LogP contribution in [0.3, 0.4) is 0 Å². The van der Waals surface area contributed by atoms with Gasteiger partial charge in [0.05, 0.1) is 5.82 Å². The van der Waals surface area contributed by atoms with Gasteiger partial charge in [0, 0.05) is 16.1 Å². The van der Waals surface area contributed by atoms with E-state index in [2.05, 4.69) is 103 Å². The molecule has 3 heterocycles. The maximum absolute atomic E-state index is 6.29. The summed E-state index contributed by atoms with van der Waals surface area (Å²) in [6, 6.07) is 37.6. The van der Waals surface area contributed by atoms with Crippen LogP contribution in [0.4, 0.5) is 0 Å². The van der Waals surface area contributed by atoms with E-state index in [-0.39, 0.29) is 21.1 Å². The summed E-state index contributed by atoms with van der Waals surface area (Å²) in [5.41, 5.74) is 6.23. The van der Waals surface area contributed by atoms with Gasteiger partial charge in [-0.05, 0) is 50.9 Å². The number of hydrogen-bond donors (Lipinski definition) is 0. The van der Waals surface area contributed by atoms with Crippen LogP contribution in [0.2, 0.25) is 0 Å². The summed E-state index contributed by atoms with van der Waals surface area (Å²) in [4.78, 5) is 4.88. The molecule has 0 aliphatic carbocycles. The number of nitrogens with zero attached hydrogens (tertiary/aromatic N) is 4. The van der Waals surface area contributed by atoms with E-state index in [1.807, 2.05) is 42.5 Å². The van der Waals surface area contributed by atoms with Crippen molar-refractivity contribution in [2.75, 3.05) is 0 Å². The Morgan fingerprint density at radius 2 is 1.55 bits per heavy atom. The van der Waals surface area contributed by atoms with Gasteiger partial charge < -0.3 is 9.30 Å². The predicted molar refractivity (Wildman–Crippen MR) is 175 cm³/mol. The average molecular weight is 774 g/mol. The molecule has 0 unspecified atom stereocenters. The molecule has 0 radical (unpaired) electrons. The minimum atomic E-state index is 0. The summed E-state index contributed by atoms with van der Waals surface area (Å²) in [6.45, 7) is 8.86. The third-order valence-corrected chi connectivity index (χ3v) is 8.88. The van der Waals surface area contributed by atoms with E-state index in [4.69, 9.17) is 9.72 Å². The smallest absolute Gasteiger partial charge is 0.460 e. The summed E-state index contributed by atoms with van der Waals surface area (Å²) in [5, 5.41) is 11.3. The first-order valence-electron chi connectivity index (χ1n) is 14.5. The van der Waals surface area contributed by atoms with E-state index in [1.54, 1.807) is 17.7 Å². The van der Waals surface area contributed by atoms with Crippen molar-refractivity contribution in [2.45, 2.75) is 39.5 Å². The molecule has 0 amide bonds. The molecule has 0 saturated carbocycles. The van der Waals surface area contributed by atoms with Crippen molar-refractivity contribution >= 4 is 31.5 Å². The molecule has 7 heteroatoms. The average Bonchev–Trinajstić information content (AvgIpc) is 3.66. The molecule has 4 aromatic carbocycles. The molecule has 0 aliphatic rings. The summed E-state index contributed by atoms with van der Waals surface area (Å²) >= 11 is 1.76. The molecule has 0 N–H and O–H groups in total. The second-order valence-electron chi connectivity index (χ2n) is 11.2. The Hall–Kier alpha value is -4.12. The van der Waals surface area contributed by atoms with Gasteiger partial charge >= 0.3 is 21.1 Å². The Morgan fingerprint density at radius 3 is 2.34 bits per heavy atom. The molecule has 0 atom stereocenters. The number of aromatic nitrogens is 4. The first kappa shape index (κ1) is 29.9. The maximum atomic E-state index is 6.29. The van der Waals surface area contributed by atoms with Gasteiger partial charge in [0.15, 0.2) is 0 Å². The van der Waals surface area contributed by atoms with E-state index >= 15 is 0 Å². The van der Waals surface area contributed by atoms with Gasteiger partial charge in [-0.2, -0.15) is 16.4 Å². The van der Waals surface area contributed by atoms with E-state index in [1.165, 1.54) is 31.3 Å². The van der Waals surface area contributed by atoms with Crippen molar-refractivity contribution in [1.82, 2.24) is 19.7 Å². The van der Waals surface area contributed by atoms with E-state index < -0.39 is 0 Å². The van der Waals surface area contributed by atoms with Gasteiger partial charge in [0.1, 0.15) is 6.33 Å². The minimum absolute atomic E-state index is 0. The fourth-order valence-electron chi connectivity index (χ4n) is 5.61. The number of benzene rings is 4. The Kier molecular flexibility index (Phi) is 8.48. The van der Waals surface area contributed by atoms with Crippen molar-refractivity contribution < 1.29 is 25.8 Å². The van der Waals surface area contributed by atoms with Gasteiger partial charge in [-0.1, -0.05) is 87.7 Å². The van der Waals surface area contributed by atoms with Gasteiger partial charge in [-0.15, -0.1) is 52.6 Å². The Bertz CT molecular complexity index is 2070. The summed E-state index contributed by atoms with van der Waals surface area (Å²) in [6.07, 6.45) is 1.79. The standard InChI is InChI=1S/C37H30N4OS.Pt/c1-23(2)27-14-8-15-28(24(3)4)35(27)41-22-38-40-37(41)25-11-7-12-26(21-25)42-34-20-10-18-32(39-34)31-17-9-16-30-29-13-5-6-19-33(29)43-36(30)31;/h5-16,18-20,22-24H,1-4H3;/q-2;+2. The fraction of sp³-hybridized carbons (Fsp3) is 0.162. The van der Waals surface area contributed by atoms with Crippen molar-refractivity contribution in [2.24, 2.45) is 0 Å². The number of thiophene rings is 1. The molecule has 0 spiro atoms. The molecule has 7 aromatic rings. The maximum Gasteiger partial charge on any atom is 2.00 e. The number of hydrogen-bond acceptors (Lipinski definition) is 5. The number of rotatable bonds is 7. The zero-order valence-corrected chi connectivity index (χ0v) is 27.9. The number of para-hydroxylation sites is 1. The third-order valence-electron chi connectivity index (χ3n) is 7.67. The minimum Gasteiger partial charge on any atom is -0.460 e. The van der Waals surface area contributed by atoms with Crippen LogP contribution in [-0.4, -0.2) is 19.7 Å². The van der Waals surface area contributed by atoms with Crippen LogP contribution in [0, 0.1) is 12.1 Å². The van der Waals surface area contributed by atoms with Crippen molar-refractivity contribution in [3.63, 3.8) is 0 Å². The van der Waals surface area contributed by atoms with E-state index in [0.717, 1.165) is 22.5 Å². The quantitative estimate of drug-likeness (QED) is 0.152. The summed E-state index contributed by atoms with van der Waals surface area (Å²) in [7, 11) is 0. The Balaban J connectivity index is 0.00000343. The molecular weight excluding hydrogens is 744 g/mol.